The van der Waals surface area contributed by atoms with Crippen LogP contribution in [0.15, 0.2) is 12.4 Å². The van der Waals surface area contributed by atoms with E-state index in [0.29, 0.717) is 12.5 Å². The molecule has 0 amide bonds. The van der Waals surface area contributed by atoms with Gasteiger partial charge in [0, 0.05) is 24.9 Å². The summed E-state index contributed by atoms with van der Waals surface area (Å²) in [7, 11) is 0. The van der Waals surface area contributed by atoms with E-state index < -0.39 is 5.97 Å². The molecule has 0 unspecified atom stereocenters. The molecule has 0 atom stereocenters. The summed E-state index contributed by atoms with van der Waals surface area (Å²) in [6.07, 6.45) is 4.23. The van der Waals surface area contributed by atoms with Gasteiger partial charge in [0.1, 0.15) is 5.82 Å². The zero-order valence-corrected chi connectivity index (χ0v) is 7.90. The fourth-order valence-corrected chi connectivity index (χ4v) is 1.23. The van der Waals surface area contributed by atoms with Gasteiger partial charge in [0.05, 0.1) is 6.42 Å². The van der Waals surface area contributed by atoms with Gasteiger partial charge in [-0.05, 0) is 13.8 Å². The Kier molecular flexibility index (Phi) is 3.06. The monoisotopic (exact) mass is 182 g/mol. The van der Waals surface area contributed by atoms with Crippen molar-refractivity contribution in [3.8, 4) is 0 Å². The molecule has 13 heavy (non-hydrogen) atoms. The number of nitrogens with zero attached hydrogens (tertiary/aromatic N) is 2. The third kappa shape index (κ3) is 2.57. The number of imidazole rings is 1. The van der Waals surface area contributed by atoms with Crippen LogP contribution >= 0.6 is 0 Å². The Morgan fingerprint density at radius 1 is 1.69 bits per heavy atom. The number of carboxylic acid groups (broad SMARTS) is 1. The summed E-state index contributed by atoms with van der Waals surface area (Å²) >= 11 is 0. The molecular formula is C9H14N2O2. The maximum absolute atomic E-state index is 10.3. The Labute approximate surface area is 77.2 Å². The molecule has 0 bridgehead atoms. The molecule has 0 aliphatic heterocycles. The summed E-state index contributed by atoms with van der Waals surface area (Å²) in [4.78, 5) is 14.4. The number of rotatable bonds is 4. The molecule has 0 aromatic carbocycles. The Hall–Kier alpha value is -1.32. The van der Waals surface area contributed by atoms with Crippen molar-refractivity contribution >= 4 is 5.97 Å². The normalized spacial score (nSPS) is 10.7. The quantitative estimate of drug-likeness (QED) is 0.767. The van der Waals surface area contributed by atoms with Gasteiger partial charge in [-0.1, -0.05) is 0 Å². The van der Waals surface area contributed by atoms with Crippen LogP contribution in [0.25, 0.3) is 0 Å². The molecular weight excluding hydrogens is 168 g/mol. The van der Waals surface area contributed by atoms with E-state index in [2.05, 4.69) is 4.98 Å². The summed E-state index contributed by atoms with van der Waals surface area (Å²) in [6, 6.07) is 0.339. The third-order valence-corrected chi connectivity index (χ3v) is 1.87. The van der Waals surface area contributed by atoms with Crippen molar-refractivity contribution in [1.29, 1.82) is 0 Å². The van der Waals surface area contributed by atoms with E-state index in [9.17, 15) is 4.79 Å². The fourth-order valence-electron chi connectivity index (χ4n) is 1.23. The first-order valence-corrected chi connectivity index (χ1v) is 4.34. The Morgan fingerprint density at radius 3 is 2.92 bits per heavy atom. The molecule has 0 saturated carbocycles. The lowest BCUT2D eigenvalue weighted by Gasteiger charge is -2.10. The Bertz CT molecular complexity index is 292. The van der Waals surface area contributed by atoms with Crippen LogP contribution in [0.4, 0.5) is 0 Å². The van der Waals surface area contributed by atoms with Crippen LogP contribution in [-0.2, 0) is 11.2 Å². The largest absolute Gasteiger partial charge is 0.481 e. The van der Waals surface area contributed by atoms with E-state index in [1.165, 1.54) is 0 Å². The van der Waals surface area contributed by atoms with Crippen LogP contribution in [0, 0.1) is 0 Å². The maximum atomic E-state index is 10.3. The van der Waals surface area contributed by atoms with Gasteiger partial charge in [0.15, 0.2) is 0 Å². The predicted molar refractivity (Wildman–Crippen MR) is 48.6 cm³/mol. The molecule has 1 aromatic rings. The van der Waals surface area contributed by atoms with Crippen LogP contribution < -0.4 is 0 Å². The Balaban J connectivity index is 2.65. The van der Waals surface area contributed by atoms with Crippen molar-refractivity contribution < 1.29 is 9.90 Å². The molecule has 4 heteroatoms. The first-order chi connectivity index (χ1) is 6.11. The molecule has 1 rings (SSSR count). The van der Waals surface area contributed by atoms with Gasteiger partial charge in [0.25, 0.3) is 0 Å². The topological polar surface area (TPSA) is 55.1 Å². The highest BCUT2D eigenvalue weighted by Gasteiger charge is 2.07. The lowest BCUT2D eigenvalue weighted by atomic mass is 10.3. The second-order valence-corrected chi connectivity index (χ2v) is 3.24. The van der Waals surface area contributed by atoms with Gasteiger partial charge in [-0.3, -0.25) is 4.79 Å². The lowest BCUT2D eigenvalue weighted by Crippen LogP contribution is -2.07. The van der Waals surface area contributed by atoms with Gasteiger partial charge in [-0.2, -0.15) is 0 Å². The van der Waals surface area contributed by atoms with E-state index in [-0.39, 0.29) is 6.42 Å². The molecule has 1 heterocycles. The standard InChI is InChI=1S/C9H14N2O2/c1-7(2)11-6-5-10-8(11)3-4-9(12)13/h5-7H,3-4H2,1-2H3,(H,12,13). The molecule has 0 spiro atoms. The molecule has 0 saturated heterocycles. The minimum absolute atomic E-state index is 0.143. The second-order valence-electron chi connectivity index (χ2n) is 3.24. The van der Waals surface area contributed by atoms with Crippen molar-refractivity contribution in [2.24, 2.45) is 0 Å². The lowest BCUT2D eigenvalue weighted by molar-refractivity contribution is -0.137. The minimum Gasteiger partial charge on any atom is -0.481 e. The molecule has 1 aromatic heterocycles. The highest BCUT2D eigenvalue weighted by Crippen LogP contribution is 2.09. The first kappa shape index (κ1) is 9.77. The second kappa shape index (κ2) is 4.07. The number of aromatic nitrogens is 2. The predicted octanol–water partition coefficient (Wildman–Crippen LogP) is 1.48. The molecule has 0 aliphatic rings. The molecule has 4 nitrogen and oxygen atoms in total. The smallest absolute Gasteiger partial charge is 0.303 e. The number of carbonyl (C=O) groups is 1. The molecule has 0 aliphatic carbocycles. The van der Waals surface area contributed by atoms with Gasteiger partial charge in [0.2, 0.25) is 0 Å². The average molecular weight is 182 g/mol. The molecule has 1 N–H and O–H groups in total. The van der Waals surface area contributed by atoms with Crippen molar-refractivity contribution in [3.05, 3.63) is 18.2 Å². The van der Waals surface area contributed by atoms with Crippen molar-refractivity contribution in [2.75, 3.05) is 0 Å². The highest BCUT2D eigenvalue weighted by molar-refractivity contribution is 5.66. The van der Waals surface area contributed by atoms with Crippen LogP contribution in [0.1, 0.15) is 32.1 Å². The number of hydrogen-bond donors (Lipinski definition) is 1. The summed E-state index contributed by atoms with van der Waals surface area (Å²) in [5.74, 6) is 0.0655. The van der Waals surface area contributed by atoms with Crippen molar-refractivity contribution in [1.82, 2.24) is 9.55 Å². The number of carboxylic acids is 1. The van der Waals surface area contributed by atoms with E-state index in [4.69, 9.17) is 5.11 Å². The minimum atomic E-state index is -0.779. The van der Waals surface area contributed by atoms with Crippen molar-refractivity contribution in [2.45, 2.75) is 32.7 Å². The molecule has 72 valence electrons. The number of hydrogen-bond acceptors (Lipinski definition) is 2. The van der Waals surface area contributed by atoms with Gasteiger partial charge >= 0.3 is 5.97 Å². The Morgan fingerprint density at radius 2 is 2.38 bits per heavy atom. The van der Waals surface area contributed by atoms with E-state index in [0.717, 1.165) is 5.82 Å². The van der Waals surface area contributed by atoms with Crippen LogP contribution in [0.2, 0.25) is 0 Å². The van der Waals surface area contributed by atoms with Gasteiger partial charge in [-0.25, -0.2) is 4.98 Å². The summed E-state index contributed by atoms with van der Waals surface area (Å²) in [5.41, 5.74) is 0. The van der Waals surface area contributed by atoms with E-state index >= 15 is 0 Å². The summed E-state index contributed by atoms with van der Waals surface area (Å²) in [5, 5.41) is 8.50. The molecule has 0 radical (unpaired) electrons. The van der Waals surface area contributed by atoms with Crippen LogP contribution in [-0.4, -0.2) is 20.6 Å². The van der Waals surface area contributed by atoms with Crippen LogP contribution in [0.3, 0.4) is 0 Å². The van der Waals surface area contributed by atoms with Crippen molar-refractivity contribution in [3.63, 3.8) is 0 Å². The molecule has 0 fully saturated rings. The van der Waals surface area contributed by atoms with Gasteiger partial charge < -0.3 is 9.67 Å². The van der Waals surface area contributed by atoms with Gasteiger partial charge in [-0.15, -0.1) is 0 Å². The zero-order chi connectivity index (χ0) is 9.84. The summed E-state index contributed by atoms with van der Waals surface area (Å²) in [6.45, 7) is 4.10. The number of aliphatic carboxylic acids is 1. The maximum Gasteiger partial charge on any atom is 0.303 e. The van der Waals surface area contributed by atoms with E-state index in [1.807, 2.05) is 24.6 Å². The fraction of sp³-hybridized carbons (Fsp3) is 0.556. The third-order valence-electron chi connectivity index (χ3n) is 1.87. The highest BCUT2D eigenvalue weighted by atomic mass is 16.4. The zero-order valence-electron chi connectivity index (χ0n) is 7.90. The van der Waals surface area contributed by atoms with Crippen LogP contribution in [0.5, 0.6) is 0 Å². The number of aryl methyl sites for hydroxylation is 1. The first-order valence-electron chi connectivity index (χ1n) is 4.34. The average Bonchev–Trinajstić information content (AvgIpc) is 2.47. The SMILES string of the molecule is CC(C)n1ccnc1CCC(=O)O. The van der Waals surface area contributed by atoms with E-state index in [1.54, 1.807) is 6.20 Å². The summed E-state index contributed by atoms with van der Waals surface area (Å²) < 4.78 is 1.99.